The number of rotatable bonds is 5. The molecule has 4 aliphatic rings. The highest BCUT2D eigenvalue weighted by Gasteiger charge is 2.60. The summed E-state index contributed by atoms with van der Waals surface area (Å²) in [5.41, 5.74) is 6.00. The maximum atomic E-state index is 11.1. The number of carbonyl (C=O) groups is 1. The van der Waals surface area contributed by atoms with E-state index in [0.717, 1.165) is 32.1 Å². The highest BCUT2D eigenvalue weighted by atomic mass is 16.4. The van der Waals surface area contributed by atoms with Crippen LogP contribution < -0.4 is 0 Å². The summed E-state index contributed by atoms with van der Waals surface area (Å²) >= 11 is 0. The number of carboxylic acids is 1. The summed E-state index contributed by atoms with van der Waals surface area (Å²) in [6, 6.07) is 0. The Balaban J connectivity index is 1.64. The van der Waals surface area contributed by atoms with Crippen LogP contribution in [0.15, 0.2) is 34.4 Å². The quantitative estimate of drug-likeness (QED) is 0.338. The van der Waals surface area contributed by atoms with Crippen LogP contribution in [0, 0.1) is 39.9 Å². The van der Waals surface area contributed by atoms with E-state index in [2.05, 4.69) is 47.6 Å². The number of hydrogen-bond donors (Lipinski definition) is 2. The first-order valence-electron chi connectivity index (χ1n) is 13.4. The SMILES string of the molecule is C/C(=C/CC[C@@H](C)C1=C2[C@H](C)C[C@H]3C(=CC[C@@H]4C(C)(C)[C@H](O)CC[C@@]43C)[C@]2(C)CC1)C(=O)O. The molecule has 2 saturated carbocycles. The molecule has 0 amide bonds. The fourth-order valence-electron chi connectivity index (χ4n) is 8.78. The topological polar surface area (TPSA) is 57.5 Å². The van der Waals surface area contributed by atoms with Crippen molar-refractivity contribution in [3.05, 3.63) is 34.4 Å². The zero-order chi connectivity index (χ0) is 24.3. The van der Waals surface area contributed by atoms with Gasteiger partial charge in [0, 0.05) is 11.0 Å². The van der Waals surface area contributed by atoms with Gasteiger partial charge in [-0.1, -0.05) is 70.4 Å². The zero-order valence-corrected chi connectivity index (χ0v) is 22.0. The van der Waals surface area contributed by atoms with Crippen LogP contribution >= 0.6 is 0 Å². The lowest BCUT2D eigenvalue weighted by Crippen LogP contribution is -2.56. The van der Waals surface area contributed by atoms with Crippen LogP contribution in [0.4, 0.5) is 0 Å². The highest BCUT2D eigenvalue weighted by Crippen LogP contribution is 2.69. The maximum Gasteiger partial charge on any atom is 0.330 e. The Hall–Kier alpha value is -1.35. The van der Waals surface area contributed by atoms with Gasteiger partial charge in [-0.05, 0) is 92.8 Å². The fraction of sp³-hybridized carbons (Fsp3) is 0.767. The minimum absolute atomic E-state index is 0.0216. The number of aliphatic hydroxyl groups excluding tert-OH is 1. The van der Waals surface area contributed by atoms with Gasteiger partial charge in [0.25, 0.3) is 0 Å². The Labute approximate surface area is 201 Å². The second kappa shape index (κ2) is 8.40. The van der Waals surface area contributed by atoms with Gasteiger partial charge in [-0.3, -0.25) is 0 Å². The second-order valence-electron chi connectivity index (χ2n) is 13.0. The monoisotopic (exact) mass is 454 g/mol. The Morgan fingerprint density at radius 2 is 1.94 bits per heavy atom. The van der Waals surface area contributed by atoms with Gasteiger partial charge in [0.05, 0.1) is 6.10 Å². The summed E-state index contributed by atoms with van der Waals surface area (Å²) in [5.74, 6) is 1.48. The molecule has 4 rings (SSSR count). The number of aliphatic carboxylic acids is 1. The minimum atomic E-state index is -0.806. The molecule has 0 unspecified atom stereocenters. The van der Waals surface area contributed by atoms with Crippen molar-refractivity contribution in [1.82, 2.24) is 0 Å². The predicted octanol–water partition coefficient (Wildman–Crippen LogP) is 7.32. The maximum absolute atomic E-state index is 11.1. The van der Waals surface area contributed by atoms with Crippen LogP contribution in [-0.2, 0) is 4.79 Å². The fourth-order valence-corrected chi connectivity index (χ4v) is 8.78. The van der Waals surface area contributed by atoms with Gasteiger partial charge in [-0.25, -0.2) is 4.79 Å². The van der Waals surface area contributed by atoms with Crippen LogP contribution in [0.25, 0.3) is 0 Å². The van der Waals surface area contributed by atoms with Gasteiger partial charge >= 0.3 is 5.97 Å². The number of fused-ring (bicyclic) bond motifs is 5. The van der Waals surface area contributed by atoms with E-state index < -0.39 is 5.97 Å². The molecule has 0 aromatic carbocycles. The third-order valence-electron chi connectivity index (χ3n) is 10.8. The highest BCUT2D eigenvalue weighted by molar-refractivity contribution is 5.85. The molecule has 0 bridgehead atoms. The molecule has 2 fully saturated rings. The summed E-state index contributed by atoms with van der Waals surface area (Å²) in [6.45, 7) is 16.2. The Kier molecular flexibility index (Phi) is 6.30. The lowest BCUT2D eigenvalue weighted by molar-refractivity contribution is -0.132. The first-order valence-corrected chi connectivity index (χ1v) is 13.4. The molecule has 0 spiro atoms. The van der Waals surface area contributed by atoms with E-state index in [1.165, 1.54) is 19.3 Å². The smallest absolute Gasteiger partial charge is 0.330 e. The molecule has 3 nitrogen and oxygen atoms in total. The second-order valence-corrected chi connectivity index (χ2v) is 13.0. The number of hydrogen-bond acceptors (Lipinski definition) is 2. The van der Waals surface area contributed by atoms with Crippen molar-refractivity contribution >= 4 is 5.97 Å². The van der Waals surface area contributed by atoms with Crippen molar-refractivity contribution in [3.63, 3.8) is 0 Å². The molecule has 2 N–H and O–H groups in total. The van der Waals surface area contributed by atoms with Crippen molar-refractivity contribution in [2.75, 3.05) is 0 Å². The van der Waals surface area contributed by atoms with E-state index in [0.29, 0.717) is 29.2 Å². The largest absolute Gasteiger partial charge is 0.478 e. The van der Waals surface area contributed by atoms with Crippen molar-refractivity contribution in [1.29, 1.82) is 0 Å². The van der Waals surface area contributed by atoms with Crippen LogP contribution in [0.2, 0.25) is 0 Å². The van der Waals surface area contributed by atoms with E-state index >= 15 is 0 Å². The predicted molar refractivity (Wildman–Crippen MR) is 135 cm³/mol. The van der Waals surface area contributed by atoms with E-state index in [9.17, 15) is 9.90 Å². The normalized spacial score (nSPS) is 41.1. The lowest BCUT2D eigenvalue weighted by Gasteiger charge is -2.62. The zero-order valence-electron chi connectivity index (χ0n) is 22.0. The third-order valence-corrected chi connectivity index (χ3v) is 10.8. The number of carboxylic acid groups (broad SMARTS) is 1. The minimum Gasteiger partial charge on any atom is -0.478 e. The molecule has 7 atom stereocenters. The Morgan fingerprint density at radius 3 is 2.61 bits per heavy atom. The van der Waals surface area contributed by atoms with E-state index in [-0.39, 0.29) is 22.3 Å². The van der Waals surface area contributed by atoms with Crippen LogP contribution in [-0.4, -0.2) is 22.3 Å². The molecular weight excluding hydrogens is 408 g/mol. The first kappa shape index (κ1) is 24.8. The average Bonchev–Trinajstić information content (AvgIpc) is 3.11. The average molecular weight is 455 g/mol. The molecule has 4 aliphatic carbocycles. The van der Waals surface area contributed by atoms with Crippen LogP contribution in [0.1, 0.15) is 99.8 Å². The van der Waals surface area contributed by atoms with E-state index in [1.54, 1.807) is 23.6 Å². The van der Waals surface area contributed by atoms with E-state index in [4.69, 9.17) is 5.11 Å². The molecule has 0 saturated heterocycles. The molecular formula is C30H46O3. The van der Waals surface area contributed by atoms with E-state index in [1.807, 2.05) is 6.08 Å². The molecule has 0 aromatic heterocycles. The molecule has 0 aromatic rings. The Bertz CT molecular complexity index is 906. The summed E-state index contributed by atoms with van der Waals surface area (Å²) in [6.07, 6.45) is 13.0. The molecule has 0 aliphatic heterocycles. The van der Waals surface area contributed by atoms with Gasteiger partial charge in [-0.2, -0.15) is 0 Å². The lowest BCUT2D eigenvalue weighted by atomic mass is 9.43. The standard InChI is InChI=1S/C30H46O3/c1-18(9-8-10-19(2)27(32)33)21-13-15-30(7)22-11-12-24-28(4,5)25(31)14-16-29(24,6)23(22)17-20(3)26(21)30/h10-11,18,20,23-25,31H,8-9,12-17H2,1-7H3,(H,32,33)/b19-10-/t18-,20-,23+,24-,25-,29-,30+/m1/s1. The molecule has 0 heterocycles. The summed E-state index contributed by atoms with van der Waals surface area (Å²) in [5, 5.41) is 19.9. The molecule has 184 valence electrons. The molecule has 33 heavy (non-hydrogen) atoms. The summed E-state index contributed by atoms with van der Waals surface area (Å²) < 4.78 is 0. The molecule has 3 heteroatoms. The van der Waals surface area contributed by atoms with Crippen molar-refractivity contribution in [3.8, 4) is 0 Å². The van der Waals surface area contributed by atoms with Gasteiger partial charge in [0.1, 0.15) is 0 Å². The summed E-state index contributed by atoms with van der Waals surface area (Å²) in [4.78, 5) is 11.1. The summed E-state index contributed by atoms with van der Waals surface area (Å²) in [7, 11) is 0. The third kappa shape index (κ3) is 3.77. The van der Waals surface area contributed by atoms with Gasteiger partial charge in [-0.15, -0.1) is 0 Å². The number of allylic oxidation sites excluding steroid dienone is 5. The van der Waals surface area contributed by atoms with Gasteiger partial charge < -0.3 is 10.2 Å². The van der Waals surface area contributed by atoms with Crippen molar-refractivity contribution in [2.24, 2.45) is 39.9 Å². The van der Waals surface area contributed by atoms with Gasteiger partial charge in [0.2, 0.25) is 0 Å². The number of aliphatic hydroxyl groups is 1. The molecule has 0 radical (unpaired) electrons. The Morgan fingerprint density at radius 1 is 1.24 bits per heavy atom. The van der Waals surface area contributed by atoms with Crippen LogP contribution in [0.3, 0.4) is 0 Å². The van der Waals surface area contributed by atoms with Gasteiger partial charge in [0.15, 0.2) is 0 Å². The van der Waals surface area contributed by atoms with Crippen LogP contribution in [0.5, 0.6) is 0 Å². The van der Waals surface area contributed by atoms with Crippen molar-refractivity contribution < 1.29 is 15.0 Å². The first-order chi connectivity index (χ1) is 15.3. The van der Waals surface area contributed by atoms with Crippen molar-refractivity contribution in [2.45, 2.75) is 106 Å².